The molecule has 0 saturated carbocycles. The van der Waals surface area contributed by atoms with E-state index in [2.05, 4.69) is 15.0 Å². The van der Waals surface area contributed by atoms with E-state index in [1.165, 1.54) is 0 Å². The first-order valence-corrected chi connectivity index (χ1v) is 3.10. The predicted molar refractivity (Wildman–Crippen MR) is 38.6 cm³/mol. The third-order valence-electron chi connectivity index (χ3n) is 1.43. The van der Waals surface area contributed by atoms with Gasteiger partial charge in [0.15, 0.2) is 5.65 Å². The summed E-state index contributed by atoms with van der Waals surface area (Å²) in [5.41, 5.74) is 1.83. The lowest BCUT2D eigenvalue weighted by atomic mass is 10.3. The molecule has 11 heavy (non-hydrogen) atoms. The summed E-state index contributed by atoms with van der Waals surface area (Å²) in [5, 5.41) is 8.59. The van der Waals surface area contributed by atoms with Crippen LogP contribution in [0, 0.1) is 11.3 Å². The first-order valence-electron chi connectivity index (χ1n) is 3.10. The van der Waals surface area contributed by atoms with E-state index in [1.54, 1.807) is 18.6 Å². The number of aromatic nitrogens is 3. The smallest absolute Gasteiger partial charge is 0.157 e. The molecule has 2 aromatic heterocycles. The molecule has 0 unspecified atom stereocenters. The molecule has 0 aromatic carbocycles. The van der Waals surface area contributed by atoms with Crippen LogP contribution in [-0.4, -0.2) is 15.0 Å². The highest BCUT2D eigenvalue weighted by atomic mass is 14.9. The highest BCUT2D eigenvalue weighted by Gasteiger charge is 2.02. The Labute approximate surface area is 62.5 Å². The summed E-state index contributed by atoms with van der Waals surface area (Å²) >= 11 is 0. The third-order valence-corrected chi connectivity index (χ3v) is 1.43. The SMILES string of the molecule is N#Cc1c[nH]c2nccnc12. The van der Waals surface area contributed by atoms with Crippen molar-refractivity contribution in [2.24, 2.45) is 0 Å². The fourth-order valence-corrected chi connectivity index (χ4v) is 0.935. The van der Waals surface area contributed by atoms with Crippen LogP contribution in [0.2, 0.25) is 0 Å². The lowest BCUT2D eigenvalue weighted by molar-refractivity contribution is 1.26. The normalized spacial score (nSPS) is 9.73. The summed E-state index contributed by atoms with van der Waals surface area (Å²) < 4.78 is 0. The largest absolute Gasteiger partial charge is 0.343 e. The van der Waals surface area contributed by atoms with Gasteiger partial charge >= 0.3 is 0 Å². The summed E-state index contributed by atoms with van der Waals surface area (Å²) in [6.07, 6.45) is 4.75. The van der Waals surface area contributed by atoms with Crippen LogP contribution in [0.3, 0.4) is 0 Å². The number of nitrogens with zero attached hydrogens (tertiary/aromatic N) is 3. The Bertz CT molecular complexity index is 423. The average molecular weight is 144 g/mol. The third kappa shape index (κ3) is 0.749. The van der Waals surface area contributed by atoms with Crippen molar-refractivity contribution in [1.29, 1.82) is 5.26 Å². The fraction of sp³-hybridized carbons (Fsp3) is 0. The zero-order valence-electron chi connectivity index (χ0n) is 5.57. The second-order valence-corrected chi connectivity index (χ2v) is 2.07. The summed E-state index contributed by atoms with van der Waals surface area (Å²) in [5.74, 6) is 0. The summed E-state index contributed by atoms with van der Waals surface area (Å²) in [6.45, 7) is 0. The number of nitrogens with one attached hydrogen (secondary N) is 1. The minimum absolute atomic E-state index is 0.535. The van der Waals surface area contributed by atoms with Gasteiger partial charge in [-0.25, -0.2) is 9.97 Å². The van der Waals surface area contributed by atoms with Crippen LogP contribution in [0.1, 0.15) is 5.56 Å². The molecule has 0 atom stereocenters. The predicted octanol–water partition coefficient (Wildman–Crippen LogP) is 0.830. The van der Waals surface area contributed by atoms with Gasteiger partial charge in [-0.3, -0.25) is 0 Å². The molecular formula is C7H4N4. The minimum atomic E-state index is 0.535. The zero-order valence-corrected chi connectivity index (χ0v) is 5.57. The molecule has 0 saturated heterocycles. The van der Waals surface area contributed by atoms with Crippen molar-refractivity contribution in [2.45, 2.75) is 0 Å². The standard InChI is InChI=1S/C7H4N4/c8-3-5-4-11-7-6(5)9-1-2-10-7/h1-2,4H,(H,10,11). The molecule has 2 aromatic rings. The number of nitriles is 1. The van der Waals surface area contributed by atoms with E-state index in [1.807, 2.05) is 6.07 Å². The maximum Gasteiger partial charge on any atom is 0.157 e. The zero-order chi connectivity index (χ0) is 7.68. The molecule has 1 N–H and O–H groups in total. The Balaban J connectivity index is 2.89. The van der Waals surface area contributed by atoms with Crippen molar-refractivity contribution in [1.82, 2.24) is 15.0 Å². The van der Waals surface area contributed by atoms with E-state index in [9.17, 15) is 0 Å². The van der Waals surface area contributed by atoms with Crippen LogP contribution in [-0.2, 0) is 0 Å². The second-order valence-electron chi connectivity index (χ2n) is 2.07. The molecule has 4 heteroatoms. The number of hydrogen-bond acceptors (Lipinski definition) is 3. The van der Waals surface area contributed by atoms with Crippen molar-refractivity contribution < 1.29 is 0 Å². The van der Waals surface area contributed by atoms with Gasteiger partial charge in [0.05, 0.1) is 5.56 Å². The van der Waals surface area contributed by atoms with Gasteiger partial charge < -0.3 is 4.98 Å². The lowest BCUT2D eigenvalue weighted by Gasteiger charge is -1.84. The van der Waals surface area contributed by atoms with Crippen LogP contribution < -0.4 is 0 Å². The fourth-order valence-electron chi connectivity index (χ4n) is 0.935. The summed E-state index contributed by atoms with van der Waals surface area (Å²) in [7, 11) is 0. The number of aromatic amines is 1. The van der Waals surface area contributed by atoms with Crippen LogP contribution in [0.4, 0.5) is 0 Å². The highest BCUT2D eigenvalue weighted by molar-refractivity contribution is 5.77. The number of fused-ring (bicyclic) bond motifs is 1. The van der Waals surface area contributed by atoms with E-state index in [4.69, 9.17) is 5.26 Å². The van der Waals surface area contributed by atoms with Crippen molar-refractivity contribution in [3.8, 4) is 6.07 Å². The van der Waals surface area contributed by atoms with Gasteiger partial charge in [-0.1, -0.05) is 0 Å². The Morgan fingerprint density at radius 1 is 1.36 bits per heavy atom. The minimum Gasteiger partial charge on any atom is -0.343 e. The number of H-pyrrole nitrogens is 1. The Morgan fingerprint density at radius 2 is 2.18 bits per heavy atom. The molecule has 0 aliphatic heterocycles. The van der Waals surface area contributed by atoms with Gasteiger partial charge in [0.1, 0.15) is 11.6 Å². The lowest BCUT2D eigenvalue weighted by Crippen LogP contribution is -1.78. The van der Waals surface area contributed by atoms with Gasteiger partial charge in [0.2, 0.25) is 0 Å². The topological polar surface area (TPSA) is 65.4 Å². The van der Waals surface area contributed by atoms with Crippen molar-refractivity contribution in [2.75, 3.05) is 0 Å². The number of rotatable bonds is 0. The van der Waals surface area contributed by atoms with E-state index in [0.717, 1.165) is 0 Å². The highest BCUT2D eigenvalue weighted by Crippen LogP contribution is 2.10. The molecule has 0 fully saturated rings. The molecule has 52 valence electrons. The van der Waals surface area contributed by atoms with Crippen LogP contribution >= 0.6 is 0 Å². The monoisotopic (exact) mass is 144 g/mol. The van der Waals surface area contributed by atoms with Crippen LogP contribution in [0.25, 0.3) is 11.2 Å². The van der Waals surface area contributed by atoms with Gasteiger partial charge in [0, 0.05) is 18.6 Å². The summed E-state index contributed by atoms with van der Waals surface area (Å²) in [4.78, 5) is 10.8. The van der Waals surface area contributed by atoms with E-state index in [0.29, 0.717) is 16.7 Å². The molecule has 0 spiro atoms. The molecule has 0 radical (unpaired) electrons. The molecule has 2 rings (SSSR count). The molecular weight excluding hydrogens is 140 g/mol. The molecule has 0 amide bonds. The molecule has 0 bridgehead atoms. The second kappa shape index (κ2) is 2.06. The van der Waals surface area contributed by atoms with Gasteiger partial charge in [-0.15, -0.1) is 0 Å². The molecule has 0 aliphatic rings. The Kier molecular flexibility index (Phi) is 1.10. The van der Waals surface area contributed by atoms with E-state index >= 15 is 0 Å². The first kappa shape index (κ1) is 5.86. The number of hydrogen-bond donors (Lipinski definition) is 1. The molecule has 0 aliphatic carbocycles. The van der Waals surface area contributed by atoms with Gasteiger partial charge in [-0.2, -0.15) is 5.26 Å². The van der Waals surface area contributed by atoms with E-state index < -0.39 is 0 Å². The Hall–Kier alpha value is -1.89. The van der Waals surface area contributed by atoms with Crippen molar-refractivity contribution in [3.05, 3.63) is 24.2 Å². The molecule has 4 nitrogen and oxygen atoms in total. The van der Waals surface area contributed by atoms with Gasteiger partial charge in [-0.05, 0) is 0 Å². The van der Waals surface area contributed by atoms with E-state index in [-0.39, 0.29) is 0 Å². The maximum atomic E-state index is 8.59. The molecule has 2 heterocycles. The van der Waals surface area contributed by atoms with Gasteiger partial charge in [0.25, 0.3) is 0 Å². The van der Waals surface area contributed by atoms with Crippen LogP contribution in [0.15, 0.2) is 18.6 Å². The summed E-state index contributed by atoms with van der Waals surface area (Å²) in [6, 6.07) is 2.02. The van der Waals surface area contributed by atoms with Crippen LogP contribution in [0.5, 0.6) is 0 Å². The van der Waals surface area contributed by atoms with Crippen molar-refractivity contribution in [3.63, 3.8) is 0 Å². The first-order chi connectivity index (χ1) is 5.42. The van der Waals surface area contributed by atoms with Crippen molar-refractivity contribution >= 4 is 11.2 Å². The Morgan fingerprint density at radius 3 is 3.00 bits per heavy atom. The maximum absolute atomic E-state index is 8.59. The average Bonchev–Trinajstić information content (AvgIpc) is 2.47. The quantitative estimate of drug-likeness (QED) is 0.595.